The van der Waals surface area contributed by atoms with Crippen LogP contribution in [-0.2, 0) is 11.3 Å². The molecule has 1 aromatic carbocycles. The summed E-state index contributed by atoms with van der Waals surface area (Å²) in [5.41, 5.74) is 2.20. The number of rotatable bonds is 4. The number of hydrogen-bond acceptors (Lipinski definition) is 3. The largest absolute Gasteiger partial charge is 0.326 e. The van der Waals surface area contributed by atoms with E-state index in [9.17, 15) is 4.79 Å². The molecule has 0 aromatic heterocycles. The molecule has 0 aliphatic carbocycles. The van der Waals surface area contributed by atoms with Gasteiger partial charge in [0.15, 0.2) is 0 Å². The molecule has 4 heteroatoms. The zero-order valence-electron chi connectivity index (χ0n) is 12.9. The molecule has 0 saturated carbocycles. The number of anilines is 1. The van der Waals surface area contributed by atoms with E-state index in [-0.39, 0.29) is 5.91 Å². The van der Waals surface area contributed by atoms with E-state index in [0.29, 0.717) is 6.04 Å². The van der Waals surface area contributed by atoms with Crippen LogP contribution in [0.4, 0.5) is 5.69 Å². The van der Waals surface area contributed by atoms with Crippen molar-refractivity contribution < 1.29 is 4.79 Å². The van der Waals surface area contributed by atoms with Gasteiger partial charge in [0, 0.05) is 31.7 Å². The van der Waals surface area contributed by atoms with E-state index < -0.39 is 0 Å². The lowest BCUT2D eigenvalue weighted by molar-refractivity contribution is -0.114. The second kappa shape index (κ2) is 6.16. The monoisotopic (exact) mass is 287 g/mol. The number of nitrogens with one attached hydrogen (secondary N) is 2. The van der Waals surface area contributed by atoms with E-state index in [1.54, 1.807) is 0 Å². The molecule has 2 saturated heterocycles. The lowest BCUT2D eigenvalue weighted by Gasteiger charge is -2.26. The Kier molecular flexibility index (Phi) is 4.27. The van der Waals surface area contributed by atoms with Crippen LogP contribution in [-0.4, -0.2) is 36.5 Å². The van der Waals surface area contributed by atoms with Gasteiger partial charge in [-0.15, -0.1) is 0 Å². The predicted molar refractivity (Wildman–Crippen MR) is 85.1 cm³/mol. The Morgan fingerprint density at radius 1 is 1.33 bits per heavy atom. The highest BCUT2D eigenvalue weighted by Gasteiger charge is 2.42. The Balaban J connectivity index is 1.64. The molecule has 1 amide bonds. The first-order valence-electron chi connectivity index (χ1n) is 7.98. The first-order valence-corrected chi connectivity index (χ1v) is 7.98. The van der Waals surface area contributed by atoms with E-state index >= 15 is 0 Å². The van der Waals surface area contributed by atoms with Crippen molar-refractivity contribution in [3.63, 3.8) is 0 Å². The maximum absolute atomic E-state index is 11.0. The van der Waals surface area contributed by atoms with Crippen LogP contribution in [0.3, 0.4) is 0 Å². The summed E-state index contributed by atoms with van der Waals surface area (Å²) in [7, 11) is 0. The van der Waals surface area contributed by atoms with Gasteiger partial charge >= 0.3 is 0 Å². The standard InChI is InChI=1S/C17H25N3O/c1-3-17-16-9-18-8-14(16)11-20(17)10-13-4-6-15(7-5-13)19-12(2)21/h4-7,14,16-18H,3,8-11H2,1-2H3,(H,19,21). The number of amides is 1. The molecule has 2 heterocycles. The molecule has 3 rings (SSSR count). The van der Waals surface area contributed by atoms with E-state index in [4.69, 9.17) is 0 Å². The van der Waals surface area contributed by atoms with Gasteiger partial charge in [0.25, 0.3) is 0 Å². The third-order valence-corrected chi connectivity index (χ3v) is 4.90. The van der Waals surface area contributed by atoms with Crippen LogP contribution in [0.2, 0.25) is 0 Å². The maximum atomic E-state index is 11.0. The fraction of sp³-hybridized carbons (Fsp3) is 0.588. The highest BCUT2D eigenvalue weighted by molar-refractivity contribution is 5.88. The molecule has 2 N–H and O–H groups in total. The summed E-state index contributed by atoms with van der Waals surface area (Å²) in [6, 6.07) is 8.96. The molecule has 0 radical (unpaired) electrons. The van der Waals surface area contributed by atoms with Gasteiger partial charge in [-0.25, -0.2) is 0 Å². The molecule has 2 aliphatic rings. The molecular weight excluding hydrogens is 262 g/mol. The fourth-order valence-electron chi connectivity index (χ4n) is 3.98. The number of carbonyl (C=O) groups is 1. The quantitative estimate of drug-likeness (QED) is 0.891. The van der Waals surface area contributed by atoms with Gasteiger partial charge in [-0.1, -0.05) is 19.1 Å². The van der Waals surface area contributed by atoms with Gasteiger partial charge < -0.3 is 10.6 Å². The maximum Gasteiger partial charge on any atom is 0.221 e. The Hall–Kier alpha value is -1.39. The molecule has 2 fully saturated rings. The van der Waals surface area contributed by atoms with Crippen molar-refractivity contribution in [2.45, 2.75) is 32.9 Å². The highest BCUT2D eigenvalue weighted by Crippen LogP contribution is 2.35. The van der Waals surface area contributed by atoms with Crippen LogP contribution in [0.1, 0.15) is 25.8 Å². The summed E-state index contributed by atoms with van der Waals surface area (Å²) >= 11 is 0. The van der Waals surface area contributed by atoms with Crippen LogP contribution in [0.15, 0.2) is 24.3 Å². The minimum Gasteiger partial charge on any atom is -0.326 e. The predicted octanol–water partition coefficient (Wildman–Crippen LogP) is 2.07. The molecule has 4 nitrogen and oxygen atoms in total. The van der Waals surface area contributed by atoms with Crippen molar-refractivity contribution in [2.75, 3.05) is 25.0 Å². The van der Waals surface area contributed by atoms with E-state index in [2.05, 4.69) is 34.6 Å². The zero-order valence-corrected chi connectivity index (χ0v) is 12.9. The number of nitrogens with zero attached hydrogens (tertiary/aromatic N) is 1. The van der Waals surface area contributed by atoms with Crippen molar-refractivity contribution in [3.8, 4) is 0 Å². The molecule has 0 spiro atoms. The summed E-state index contributed by atoms with van der Waals surface area (Å²) < 4.78 is 0. The average molecular weight is 287 g/mol. The van der Waals surface area contributed by atoms with Crippen LogP contribution in [0.25, 0.3) is 0 Å². The topological polar surface area (TPSA) is 44.4 Å². The summed E-state index contributed by atoms with van der Waals surface area (Å²) in [5, 5.41) is 6.35. The van der Waals surface area contributed by atoms with Gasteiger partial charge in [-0.2, -0.15) is 0 Å². The van der Waals surface area contributed by atoms with Crippen LogP contribution < -0.4 is 10.6 Å². The third kappa shape index (κ3) is 3.11. The van der Waals surface area contributed by atoms with Gasteiger partial charge in [0.05, 0.1) is 0 Å². The lowest BCUT2D eigenvalue weighted by Crippen LogP contribution is -2.34. The molecule has 2 aliphatic heterocycles. The molecule has 3 unspecified atom stereocenters. The highest BCUT2D eigenvalue weighted by atomic mass is 16.1. The molecule has 0 bridgehead atoms. The number of carbonyl (C=O) groups excluding carboxylic acids is 1. The fourth-order valence-corrected chi connectivity index (χ4v) is 3.98. The summed E-state index contributed by atoms with van der Waals surface area (Å²) in [5.74, 6) is 1.64. The molecular formula is C17H25N3O. The summed E-state index contributed by atoms with van der Waals surface area (Å²) in [6.07, 6.45) is 1.23. The Morgan fingerprint density at radius 2 is 2.10 bits per heavy atom. The smallest absolute Gasteiger partial charge is 0.221 e. The second-order valence-electron chi connectivity index (χ2n) is 6.37. The normalized spacial score (nSPS) is 28.6. The number of benzene rings is 1. The number of likely N-dealkylation sites (tertiary alicyclic amines) is 1. The molecule has 1 aromatic rings. The van der Waals surface area contributed by atoms with Crippen molar-refractivity contribution >= 4 is 11.6 Å². The Morgan fingerprint density at radius 3 is 2.76 bits per heavy atom. The Bertz CT molecular complexity index is 499. The summed E-state index contributed by atoms with van der Waals surface area (Å²) in [4.78, 5) is 13.7. The lowest BCUT2D eigenvalue weighted by atomic mass is 9.93. The minimum absolute atomic E-state index is 0.0198. The zero-order chi connectivity index (χ0) is 14.8. The molecule has 3 atom stereocenters. The van der Waals surface area contributed by atoms with Crippen molar-refractivity contribution in [3.05, 3.63) is 29.8 Å². The minimum atomic E-state index is -0.0198. The third-order valence-electron chi connectivity index (χ3n) is 4.90. The molecule has 21 heavy (non-hydrogen) atoms. The molecule has 114 valence electrons. The Labute approximate surface area is 126 Å². The van der Waals surface area contributed by atoms with Crippen molar-refractivity contribution in [1.29, 1.82) is 0 Å². The number of fused-ring (bicyclic) bond motifs is 1. The van der Waals surface area contributed by atoms with Crippen molar-refractivity contribution in [2.24, 2.45) is 11.8 Å². The van der Waals surface area contributed by atoms with Crippen LogP contribution >= 0.6 is 0 Å². The van der Waals surface area contributed by atoms with Crippen LogP contribution in [0.5, 0.6) is 0 Å². The number of hydrogen-bond donors (Lipinski definition) is 2. The van der Waals surface area contributed by atoms with Gasteiger partial charge in [0.1, 0.15) is 0 Å². The van der Waals surface area contributed by atoms with Crippen molar-refractivity contribution in [1.82, 2.24) is 10.2 Å². The first-order chi connectivity index (χ1) is 10.2. The average Bonchev–Trinajstić information content (AvgIpc) is 3.00. The van der Waals surface area contributed by atoms with Crippen LogP contribution in [0, 0.1) is 11.8 Å². The SMILES string of the molecule is CCC1C2CNCC2CN1Cc1ccc(NC(C)=O)cc1. The second-order valence-corrected chi connectivity index (χ2v) is 6.37. The van der Waals surface area contributed by atoms with E-state index in [0.717, 1.165) is 24.1 Å². The first kappa shape index (κ1) is 14.5. The van der Waals surface area contributed by atoms with E-state index in [1.807, 2.05) is 12.1 Å². The summed E-state index contributed by atoms with van der Waals surface area (Å²) in [6.45, 7) is 8.44. The van der Waals surface area contributed by atoms with Gasteiger partial charge in [0.2, 0.25) is 5.91 Å². The van der Waals surface area contributed by atoms with E-state index in [1.165, 1.54) is 38.5 Å². The van der Waals surface area contributed by atoms with Gasteiger partial charge in [-0.05, 0) is 49.0 Å². The van der Waals surface area contributed by atoms with Gasteiger partial charge in [-0.3, -0.25) is 9.69 Å².